The fourth-order valence-electron chi connectivity index (χ4n) is 3.18. The van der Waals surface area contributed by atoms with Gasteiger partial charge in [0, 0.05) is 6.61 Å². The molecule has 0 amide bonds. The molecule has 1 aliphatic carbocycles. The molecule has 0 bridgehead atoms. The highest BCUT2D eigenvalue weighted by atomic mass is 16.5. The van der Waals surface area contributed by atoms with Crippen molar-refractivity contribution in [1.82, 2.24) is 5.32 Å². The third-order valence-corrected chi connectivity index (χ3v) is 4.56. The molecule has 0 saturated heterocycles. The summed E-state index contributed by atoms with van der Waals surface area (Å²) in [5.41, 5.74) is -0.825. The zero-order chi connectivity index (χ0) is 15.0. The standard InChI is InChI=1S/C16H31NO3/c1-4-13-9-6-7-10-14(13)20-12-8-11-16(3,15(18)19)17-5-2/h13-14,17H,4-12H2,1-3H3,(H,18,19). The highest BCUT2D eigenvalue weighted by Gasteiger charge is 2.31. The Balaban J connectivity index is 2.30. The van der Waals surface area contributed by atoms with E-state index in [4.69, 9.17) is 4.74 Å². The van der Waals surface area contributed by atoms with Gasteiger partial charge in [0.1, 0.15) is 5.54 Å². The average molecular weight is 285 g/mol. The molecule has 0 aromatic heterocycles. The lowest BCUT2D eigenvalue weighted by molar-refractivity contribution is -0.144. The fraction of sp³-hybridized carbons (Fsp3) is 0.938. The Morgan fingerprint density at radius 3 is 2.65 bits per heavy atom. The maximum Gasteiger partial charge on any atom is 0.323 e. The van der Waals surface area contributed by atoms with Crippen molar-refractivity contribution in [2.24, 2.45) is 5.92 Å². The van der Waals surface area contributed by atoms with Gasteiger partial charge in [-0.2, -0.15) is 0 Å². The number of hydrogen-bond acceptors (Lipinski definition) is 3. The lowest BCUT2D eigenvalue weighted by Crippen LogP contribution is -2.49. The van der Waals surface area contributed by atoms with Crippen molar-refractivity contribution < 1.29 is 14.6 Å². The second-order valence-corrected chi connectivity index (χ2v) is 6.13. The number of hydrogen-bond donors (Lipinski definition) is 2. The van der Waals surface area contributed by atoms with Crippen molar-refractivity contribution in [3.63, 3.8) is 0 Å². The van der Waals surface area contributed by atoms with Crippen LogP contribution in [-0.2, 0) is 9.53 Å². The minimum absolute atomic E-state index is 0.393. The van der Waals surface area contributed by atoms with E-state index >= 15 is 0 Å². The second-order valence-electron chi connectivity index (χ2n) is 6.13. The molecule has 3 unspecified atom stereocenters. The van der Waals surface area contributed by atoms with Crippen LogP contribution in [0.3, 0.4) is 0 Å². The number of ether oxygens (including phenoxy) is 1. The van der Waals surface area contributed by atoms with E-state index in [2.05, 4.69) is 12.2 Å². The van der Waals surface area contributed by atoms with Gasteiger partial charge < -0.3 is 15.2 Å². The van der Waals surface area contributed by atoms with Gasteiger partial charge >= 0.3 is 5.97 Å². The molecule has 0 aromatic carbocycles. The first kappa shape index (κ1) is 17.4. The Morgan fingerprint density at radius 1 is 1.35 bits per heavy atom. The topological polar surface area (TPSA) is 58.6 Å². The van der Waals surface area contributed by atoms with Crippen LogP contribution in [0.15, 0.2) is 0 Å². The van der Waals surface area contributed by atoms with Gasteiger partial charge in [-0.15, -0.1) is 0 Å². The van der Waals surface area contributed by atoms with Gasteiger partial charge in [0.2, 0.25) is 0 Å². The molecule has 1 rings (SSSR count). The van der Waals surface area contributed by atoms with E-state index in [9.17, 15) is 9.90 Å². The van der Waals surface area contributed by atoms with Crippen LogP contribution in [-0.4, -0.2) is 35.9 Å². The number of carboxylic acid groups (broad SMARTS) is 1. The van der Waals surface area contributed by atoms with Gasteiger partial charge in [0.05, 0.1) is 6.10 Å². The molecule has 0 aromatic rings. The molecule has 1 saturated carbocycles. The maximum atomic E-state index is 11.3. The Bertz CT molecular complexity index is 295. The zero-order valence-electron chi connectivity index (χ0n) is 13.3. The first-order valence-corrected chi connectivity index (χ1v) is 8.13. The van der Waals surface area contributed by atoms with Crippen LogP contribution in [0.25, 0.3) is 0 Å². The zero-order valence-corrected chi connectivity index (χ0v) is 13.3. The summed E-state index contributed by atoms with van der Waals surface area (Å²) in [6.07, 6.45) is 8.04. The molecule has 118 valence electrons. The number of carboxylic acids is 1. The summed E-state index contributed by atoms with van der Waals surface area (Å²) < 4.78 is 6.02. The van der Waals surface area contributed by atoms with Crippen molar-refractivity contribution in [2.45, 2.75) is 77.4 Å². The molecule has 3 atom stereocenters. The lowest BCUT2D eigenvalue weighted by atomic mass is 9.85. The van der Waals surface area contributed by atoms with Gasteiger partial charge in [-0.25, -0.2) is 0 Å². The Labute approximate surface area is 123 Å². The van der Waals surface area contributed by atoms with Crippen LogP contribution in [0.5, 0.6) is 0 Å². The number of aliphatic carboxylic acids is 1. The summed E-state index contributed by atoms with van der Waals surface area (Å²) in [5.74, 6) is -0.0770. The minimum Gasteiger partial charge on any atom is -0.480 e. The van der Waals surface area contributed by atoms with E-state index in [0.29, 0.717) is 31.6 Å². The van der Waals surface area contributed by atoms with Crippen molar-refractivity contribution in [1.29, 1.82) is 0 Å². The molecule has 20 heavy (non-hydrogen) atoms. The molecule has 0 heterocycles. The summed E-state index contributed by atoms with van der Waals surface area (Å²) in [5, 5.41) is 12.4. The maximum absolute atomic E-state index is 11.3. The molecule has 4 heteroatoms. The highest BCUT2D eigenvalue weighted by Crippen LogP contribution is 2.29. The lowest BCUT2D eigenvalue weighted by Gasteiger charge is -2.31. The molecule has 0 spiro atoms. The Hall–Kier alpha value is -0.610. The number of likely N-dealkylation sites (N-methyl/N-ethyl adjacent to an activating group) is 1. The quantitative estimate of drug-likeness (QED) is 0.639. The van der Waals surface area contributed by atoms with Gasteiger partial charge in [-0.3, -0.25) is 4.79 Å². The first-order valence-electron chi connectivity index (χ1n) is 8.13. The summed E-state index contributed by atoms with van der Waals surface area (Å²) in [6.45, 7) is 7.28. The molecule has 4 nitrogen and oxygen atoms in total. The van der Waals surface area contributed by atoms with E-state index in [-0.39, 0.29) is 0 Å². The van der Waals surface area contributed by atoms with Crippen LogP contribution < -0.4 is 5.32 Å². The van der Waals surface area contributed by atoms with Gasteiger partial charge in [-0.1, -0.05) is 33.1 Å². The Kier molecular flexibility index (Phi) is 7.52. The third-order valence-electron chi connectivity index (χ3n) is 4.56. The van der Waals surface area contributed by atoms with Crippen molar-refractivity contribution in [3.05, 3.63) is 0 Å². The minimum atomic E-state index is -0.825. The highest BCUT2D eigenvalue weighted by molar-refractivity contribution is 5.78. The van der Waals surface area contributed by atoms with E-state index in [0.717, 1.165) is 6.42 Å². The summed E-state index contributed by atoms with van der Waals surface area (Å²) in [4.78, 5) is 11.3. The molecule has 0 aliphatic heterocycles. The van der Waals surface area contributed by atoms with Crippen molar-refractivity contribution in [3.8, 4) is 0 Å². The third kappa shape index (κ3) is 5.06. The second kappa shape index (κ2) is 8.63. The molecular weight excluding hydrogens is 254 g/mol. The van der Waals surface area contributed by atoms with Gasteiger partial charge in [0.25, 0.3) is 0 Å². The fourth-order valence-corrected chi connectivity index (χ4v) is 3.18. The monoisotopic (exact) mass is 285 g/mol. The number of nitrogens with one attached hydrogen (secondary N) is 1. The van der Waals surface area contributed by atoms with Crippen LogP contribution in [0.4, 0.5) is 0 Å². The first-order chi connectivity index (χ1) is 9.53. The van der Waals surface area contributed by atoms with E-state index in [1.165, 1.54) is 32.1 Å². The average Bonchev–Trinajstić information content (AvgIpc) is 2.44. The van der Waals surface area contributed by atoms with E-state index < -0.39 is 11.5 Å². The molecule has 0 radical (unpaired) electrons. The number of carbonyl (C=O) groups is 1. The summed E-state index contributed by atoms with van der Waals surface area (Å²) in [7, 11) is 0. The van der Waals surface area contributed by atoms with Crippen LogP contribution in [0.2, 0.25) is 0 Å². The number of rotatable bonds is 9. The largest absolute Gasteiger partial charge is 0.480 e. The van der Waals surface area contributed by atoms with Gasteiger partial charge in [0.15, 0.2) is 0 Å². The molecule has 1 aliphatic rings. The van der Waals surface area contributed by atoms with Crippen molar-refractivity contribution in [2.75, 3.05) is 13.2 Å². The smallest absolute Gasteiger partial charge is 0.323 e. The Morgan fingerprint density at radius 2 is 2.05 bits per heavy atom. The van der Waals surface area contributed by atoms with E-state index in [1.54, 1.807) is 6.92 Å². The predicted octanol–water partition coefficient (Wildman–Crippen LogP) is 3.20. The van der Waals surface area contributed by atoms with Crippen molar-refractivity contribution >= 4 is 5.97 Å². The summed E-state index contributed by atoms with van der Waals surface area (Å²) in [6, 6.07) is 0. The van der Waals surface area contributed by atoms with E-state index in [1.807, 2.05) is 6.92 Å². The normalized spacial score (nSPS) is 26.1. The van der Waals surface area contributed by atoms with Gasteiger partial charge in [-0.05, 0) is 45.1 Å². The molecule has 1 fully saturated rings. The molecule has 2 N–H and O–H groups in total. The van der Waals surface area contributed by atoms with Crippen LogP contribution >= 0.6 is 0 Å². The van der Waals surface area contributed by atoms with Crippen LogP contribution in [0, 0.1) is 5.92 Å². The predicted molar refractivity (Wildman–Crippen MR) is 80.9 cm³/mol. The molecular formula is C16H31NO3. The SMILES string of the molecule is CCNC(C)(CCCOC1CCCCC1CC)C(=O)O. The summed E-state index contributed by atoms with van der Waals surface area (Å²) >= 11 is 0. The van der Waals surface area contributed by atoms with Crippen LogP contribution in [0.1, 0.15) is 65.7 Å².